The standard InChI is InChI=1S/C13H16N2O3/c16-7-5-15(6-8-17)13-12-9-11(18)2-1-10(12)3-4-14-13/h1-4,9,16-18H,5-8H2. The first-order valence-corrected chi connectivity index (χ1v) is 5.80. The number of nitrogens with zero attached hydrogens (tertiary/aromatic N) is 2. The lowest BCUT2D eigenvalue weighted by molar-refractivity contribution is 0.281. The van der Waals surface area contributed by atoms with Gasteiger partial charge in [0, 0.05) is 24.7 Å². The predicted molar refractivity (Wildman–Crippen MR) is 69.8 cm³/mol. The third kappa shape index (κ3) is 2.52. The van der Waals surface area contributed by atoms with Crippen LogP contribution in [-0.2, 0) is 0 Å². The molecule has 1 aromatic heterocycles. The van der Waals surface area contributed by atoms with Gasteiger partial charge in [-0.2, -0.15) is 0 Å². The van der Waals surface area contributed by atoms with Crippen LogP contribution in [0.3, 0.4) is 0 Å². The fraction of sp³-hybridized carbons (Fsp3) is 0.308. The molecule has 2 aromatic rings. The third-order valence-corrected chi connectivity index (χ3v) is 2.77. The number of phenols is 1. The molecular formula is C13H16N2O3. The summed E-state index contributed by atoms with van der Waals surface area (Å²) in [4.78, 5) is 6.07. The first kappa shape index (κ1) is 12.6. The van der Waals surface area contributed by atoms with Gasteiger partial charge in [0.1, 0.15) is 11.6 Å². The molecule has 0 amide bonds. The van der Waals surface area contributed by atoms with E-state index in [9.17, 15) is 5.11 Å². The quantitative estimate of drug-likeness (QED) is 0.727. The summed E-state index contributed by atoms with van der Waals surface area (Å²) in [6.07, 6.45) is 1.68. The summed E-state index contributed by atoms with van der Waals surface area (Å²) in [5, 5.41) is 29.4. The zero-order valence-electron chi connectivity index (χ0n) is 9.95. The number of benzene rings is 1. The summed E-state index contributed by atoms with van der Waals surface area (Å²) in [5.41, 5.74) is 0. The van der Waals surface area contributed by atoms with Crippen LogP contribution in [0, 0.1) is 0 Å². The maximum absolute atomic E-state index is 9.55. The summed E-state index contributed by atoms with van der Waals surface area (Å²) in [6, 6.07) is 6.92. The van der Waals surface area contributed by atoms with Gasteiger partial charge in [0.15, 0.2) is 0 Å². The van der Waals surface area contributed by atoms with Crippen LogP contribution in [0.5, 0.6) is 5.75 Å². The van der Waals surface area contributed by atoms with Gasteiger partial charge >= 0.3 is 0 Å². The molecule has 0 aliphatic carbocycles. The second-order valence-corrected chi connectivity index (χ2v) is 3.97. The second-order valence-electron chi connectivity index (χ2n) is 3.97. The third-order valence-electron chi connectivity index (χ3n) is 2.77. The number of aromatic nitrogens is 1. The van der Waals surface area contributed by atoms with E-state index in [1.165, 1.54) is 0 Å². The van der Waals surface area contributed by atoms with E-state index in [4.69, 9.17) is 10.2 Å². The molecule has 0 spiro atoms. The van der Waals surface area contributed by atoms with Crippen LogP contribution in [0.2, 0.25) is 0 Å². The smallest absolute Gasteiger partial charge is 0.136 e. The van der Waals surface area contributed by atoms with Gasteiger partial charge in [-0.05, 0) is 23.6 Å². The molecule has 96 valence electrons. The molecule has 0 radical (unpaired) electrons. The fourth-order valence-electron chi connectivity index (χ4n) is 1.96. The summed E-state index contributed by atoms with van der Waals surface area (Å²) in [6.45, 7) is 0.748. The maximum atomic E-state index is 9.55. The van der Waals surface area contributed by atoms with Crippen molar-refractivity contribution in [2.75, 3.05) is 31.2 Å². The van der Waals surface area contributed by atoms with Crippen molar-refractivity contribution in [1.82, 2.24) is 4.98 Å². The Morgan fingerprint density at radius 2 is 1.78 bits per heavy atom. The lowest BCUT2D eigenvalue weighted by Gasteiger charge is -2.23. The van der Waals surface area contributed by atoms with E-state index in [-0.39, 0.29) is 19.0 Å². The van der Waals surface area contributed by atoms with Crippen LogP contribution in [0.4, 0.5) is 5.82 Å². The molecule has 5 heteroatoms. The zero-order chi connectivity index (χ0) is 13.0. The number of anilines is 1. The van der Waals surface area contributed by atoms with E-state index in [1.807, 2.05) is 12.1 Å². The number of rotatable bonds is 5. The predicted octanol–water partition coefficient (Wildman–Crippen LogP) is 0.731. The Morgan fingerprint density at radius 1 is 1.06 bits per heavy atom. The summed E-state index contributed by atoms with van der Waals surface area (Å²) in [5.74, 6) is 0.830. The molecule has 0 unspecified atom stereocenters. The fourth-order valence-corrected chi connectivity index (χ4v) is 1.96. The number of aliphatic hydroxyl groups excluding tert-OH is 2. The molecule has 0 bridgehead atoms. The van der Waals surface area contributed by atoms with Crippen LogP contribution >= 0.6 is 0 Å². The minimum absolute atomic E-state index is 0.0170. The highest BCUT2D eigenvalue weighted by Crippen LogP contribution is 2.27. The Balaban J connectivity index is 2.50. The molecule has 1 aromatic carbocycles. The van der Waals surface area contributed by atoms with Crippen molar-refractivity contribution < 1.29 is 15.3 Å². The Hall–Kier alpha value is -1.85. The number of pyridine rings is 1. The van der Waals surface area contributed by atoms with E-state index < -0.39 is 0 Å². The molecular weight excluding hydrogens is 232 g/mol. The minimum atomic E-state index is -0.0170. The van der Waals surface area contributed by atoms with Crippen LogP contribution < -0.4 is 4.90 Å². The van der Waals surface area contributed by atoms with Crippen molar-refractivity contribution in [1.29, 1.82) is 0 Å². The van der Waals surface area contributed by atoms with Crippen molar-refractivity contribution in [2.24, 2.45) is 0 Å². The summed E-state index contributed by atoms with van der Waals surface area (Å²) < 4.78 is 0. The molecule has 0 fully saturated rings. The minimum Gasteiger partial charge on any atom is -0.508 e. The monoisotopic (exact) mass is 248 g/mol. The molecule has 3 N–H and O–H groups in total. The Kier molecular flexibility index (Phi) is 3.96. The lowest BCUT2D eigenvalue weighted by Crippen LogP contribution is -2.30. The van der Waals surface area contributed by atoms with Gasteiger partial charge in [-0.25, -0.2) is 4.98 Å². The molecule has 1 heterocycles. The number of hydrogen-bond acceptors (Lipinski definition) is 5. The number of aromatic hydroxyl groups is 1. The number of aliphatic hydroxyl groups is 2. The largest absolute Gasteiger partial charge is 0.508 e. The second kappa shape index (κ2) is 5.66. The Bertz CT molecular complexity index is 525. The molecule has 0 aliphatic heterocycles. The molecule has 5 nitrogen and oxygen atoms in total. The van der Waals surface area contributed by atoms with Gasteiger partial charge in [-0.3, -0.25) is 0 Å². The molecule has 0 saturated heterocycles. The van der Waals surface area contributed by atoms with E-state index >= 15 is 0 Å². The normalized spacial score (nSPS) is 10.8. The first-order chi connectivity index (χ1) is 8.76. The molecule has 2 rings (SSSR count). The summed E-state index contributed by atoms with van der Waals surface area (Å²) >= 11 is 0. The van der Waals surface area contributed by atoms with E-state index in [1.54, 1.807) is 23.2 Å². The van der Waals surface area contributed by atoms with Crippen LogP contribution in [0.1, 0.15) is 0 Å². The topological polar surface area (TPSA) is 76.8 Å². The van der Waals surface area contributed by atoms with Gasteiger partial charge in [-0.1, -0.05) is 6.07 Å². The molecule has 0 atom stereocenters. The van der Waals surface area contributed by atoms with Gasteiger partial charge in [-0.15, -0.1) is 0 Å². The molecule has 0 saturated carbocycles. The van der Waals surface area contributed by atoms with E-state index in [0.717, 1.165) is 10.8 Å². The van der Waals surface area contributed by atoms with Crippen molar-refractivity contribution in [3.63, 3.8) is 0 Å². The van der Waals surface area contributed by atoms with Crippen molar-refractivity contribution >= 4 is 16.6 Å². The van der Waals surface area contributed by atoms with Crippen molar-refractivity contribution in [3.8, 4) is 5.75 Å². The van der Waals surface area contributed by atoms with Crippen molar-refractivity contribution in [2.45, 2.75) is 0 Å². The SMILES string of the molecule is OCCN(CCO)c1nccc2ccc(O)cc12. The Labute approximate surface area is 105 Å². The molecule has 18 heavy (non-hydrogen) atoms. The maximum Gasteiger partial charge on any atom is 0.136 e. The van der Waals surface area contributed by atoms with Gasteiger partial charge in [0.05, 0.1) is 13.2 Å². The lowest BCUT2D eigenvalue weighted by atomic mass is 10.1. The van der Waals surface area contributed by atoms with Crippen LogP contribution in [0.15, 0.2) is 30.5 Å². The van der Waals surface area contributed by atoms with Crippen molar-refractivity contribution in [3.05, 3.63) is 30.5 Å². The highest BCUT2D eigenvalue weighted by molar-refractivity contribution is 5.93. The highest BCUT2D eigenvalue weighted by Gasteiger charge is 2.11. The van der Waals surface area contributed by atoms with Gasteiger partial charge in [0.2, 0.25) is 0 Å². The number of hydrogen-bond donors (Lipinski definition) is 3. The van der Waals surface area contributed by atoms with Crippen LogP contribution in [-0.4, -0.2) is 46.6 Å². The zero-order valence-corrected chi connectivity index (χ0v) is 9.95. The number of phenolic OH excluding ortho intramolecular Hbond substituents is 1. The van der Waals surface area contributed by atoms with E-state index in [0.29, 0.717) is 18.9 Å². The number of fused-ring (bicyclic) bond motifs is 1. The summed E-state index contributed by atoms with van der Waals surface area (Å²) in [7, 11) is 0. The average Bonchev–Trinajstić information content (AvgIpc) is 2.38. The Morgan fingerprint density at radius 3 is 2.44 bits per heavy atom. The molecule has 0 aliphatic rings. The first-order valence-electron chi connectivity index (χ1n) is 5.80. The average molecular weight is 248 g/mol. The van der Waals surface area contributed by atoms with Crippen LogP contribution in [0.25, 0.3) is 10.8 Å². The van der Waals surface area contributed by atoms with Gasteiger partial charge in [0.25, 0.3) is 0 Å². The van der Waals surface area contributed by atoms with Gasteiger partial charge < -0.3 is 20.2 Å². The van der Waals surface area contributed by atoms with E-state index in [2.05, 4.69) is 4.98 Å². The highest BCUT2D eigenvalue weighted by atomic mass is 16.3.